The first-order valence-electron chi connectivity index (χ1n) is 19.9. The lowest BCUT2D eigenvalue weighted by Crippen LogP contribution is -2.48. The summed E-state index contributed by atoms with van der Waals surface area (Å²) in [4.78, 5) is 63.0. The van der Waals surface area contributed by atoms with Crippen LogP contribution in [0.2, 0.25) is 0 Å². The maximum absolute atomic E-state index is 14.9. The number of hydrogen-bond acceptors (Lipinski definition) is 10. The monoisotopic (exact) mass is 797 g/mol. The minimum absolute atomic E-state index is 0.0154. The van der Waals surface area contributed by atoms with Crippen LogP contribution in [0, 0.1) is 29.1 Å². The third-order valence-corrected chi connectivity index (χ3v) is 14.8. The smallest absolute Gasteiger partial charge is 0.307 e. The molecule has 0 spiro atoms. The van der Waals surface area contributed by atoms with Gasteiger partial charge in [0.25, 0.3) is 0 Å². The number of alkyl halides is 1. The van der Waals surface area contributed by atoms with Gasteiger partial charge in [0.15, 0.2) is 5.78 Å². The average molecular weight is 798 g/mol. The molecule has 1 aromatic carbocycles. The van der Waals surface area contributed by atoms with Crippen LogP contribution in [0.15, 0.2) is 42.6 Å². The minimum Gasteiger partial charge on any atom is -0.494 e. The van der Waals surface area contributed by atoms with E-state index in [0.717, 1.165) is 11.8 Å². The van der Waals surface area contributed by atoms with Crippen molar-refractivity contribution in [3.8, 4) is 11.6 Å². The first kappa shape index (κ1) is 41.6. The van der Waals surface area contributed by atoms with Gasteiger partial charge in [-0.3, -0.25) is 23.9 Å². The lowest BCUT2D eigenvalue weighted by atomic mass is 9.82. The molecule has 0 unspecified atom stereocenters. The van der Waals surface area contributed by atoms with Crippen molar-refractivity contribution in [3.05, 3.63) is 42.6 Å². The molecule has 0 bridgehead atoms. The number of benzene rings is 1. The molecule has 2 saturated carbocycles. The normalized spacial score (nSPS) is 29.9. The molecule has 1 saturated heterocycles. The van der Waals surface area contributed by atoms with Gasteiger partial charge in [0.2, 0.25) is 27.7 Å². The van der Waals surface area contributed by atoms with Crippen molar-refractivity contribution in [3.63, 3.8) is 0 Å². The maximum atomic E-state index is 14.9. The molecule has 56 heavy (non-hydrogen) atoms. The third kappa shape index (κ3) is 8.45. The standard InChI is InChI=1S/C42H56FN3O9S/c1-7-40(4,5)55-36(48)20-32-27(3)18-26(2)12-8-9-13-28-21-42(28,39(50)45-56(51,52)41(25-43)16-17-41)22-34(47)33-19-29(24-46(33)38(32)49)54-37-31-15-11-10-14-30(31)35(53-6)23-44-37/h9-11,13-15,23,26-29,32-33H,7-8,12,16-22,24-25H2,1-6H3,(H,45,50)/b13-9-/t26-,27+,28+,29+,32-,33-,42+/m0/s1. The minimum atomic E-state index is -4.34. The van der Waals surface area contributed by atoms with Gasteiger partial charge < -0.3 is 19.1 Å². The molecule has 12 nitrogen and oxygen atoms in total. The van der Waals surface area contributed by atoms with E-state index in [2.05, 4.69) is 16.6 Å². The van der Waals surface area contributed by atoms with E-state index in [9.17, 15) is 32.0 Å². The Bertz CT molecular complexity index is 1980. The van der Waals surface area contributed by atoms with Crippen LogP contribution in [0.5, 0.6) is 11.6 Å². The number of carbonyl (C=O) groups is 4. The summed E-state index contributed by atoms with van der Waals surface area (Å²) < 4.78 is 58.7. The summed E-state index contributed by atoms with van der Waals surface area (Å²) in [6.45, 7) is 8.52. The van der Waals surface area contributed by atoms with Crippen molar-refractivity contribution in [2.75, 3.05) is 20.3 Å². The van der Waals surface area contributed by atoms with E-state index in [0.29, 0.717) is 36.3 Å². The molecule has 14 heteroatoms. The molecular weight excluding hydrogens is 742 g/mol. The van der Waals surface area contributed by atoms with E-state index in [-0.39, 0.29) is 62.8 Å². The average Bonchev–Trinajstić information content (AvgIpc) is 4.06. The molecule has 2 aliphatic carbocycles. The molecule has 3 fully saturated rings. The van der Waals surface area contributed by atoms with Crippen LogP contribution in [-0.4, -0.2) is 84.7 Å². The lowest BCUT2D eigenvalue weighted by molar-refractivity contribution is -0.161. The number of hydrogen-bond donors (Lipinski definition) is 1. The van der Waals surface area contributed by atoms with Gasteiger partial charge in [0.1, 0.15) is 28.9 Å². The van der Waals surface area contributed by atoms with E-state index in [1.807, 2.05) is 64.1 Å². The zero-order valence-electron chi connectivity index (χ0n) is 33.3. The highest BCUT2D eigenvalue weighted by atomic mass is 32.2. The number of pyridine rings is 1. The number of sulfonamides is 1. The molecule has 2 aromatic rings. The number of amides is 2. The maximum Gasteiger partial charge on any atom is 0.307 e. The second kappa shape index (κ2) is 16.1. The largest absolute Gasteiger partial charge is 0.494 e. The van der Waals surface area contributed by atoms with Gasteiger partial charge in [-0.2, -0.15) is 0 Å². The molecule has 1 N–H and O–H groups in total. The molecule has 7 atom stereocenters. The summed E-state index contributed by atoms with van der Waals surface area (Å²) in [6.07, 6.45) is 7.43. The van der Waals surface area contributed by atoms with E-state index in [1.165, 1.54) is 4.90 Å². The second-order valence-electron chi connectivity index (χ2n) is 17.2. The van der Waals surface area contributed by atoms with Crippen molar-refractivity contribution in [2.24, 2.45) is 29.1 Å². The third-order valence-electron chi connectivity index (χ3n) is 12.7. The molecule has 0 radical (unpaired) electrons. The number of ketones is 1. The van der Waals surface area contributed by atoms with E-state index in [4.69, 9.17) is 14.2 Å². The SMILES string of the molecule is CCC(C)(C)OC(=O)C[C@@H]1C(=O)N2C[C@H](Oc3ncc(OC)c4ccccc34)C[C@H]2C(=O)C[C@]2(C(=O)NS(=O)(=O)C3(CF)CC3)C[C@H]2/C=C\CC[C@H](C)C[C@H]1C. The van der Waals surface area contributed by atoms with Crippen molar-refractivity contribution in [1.82, 2.24) is 14.6 Å². The lowest BCUT2D eigenvalue weighted by Gasteiger charge is -2.33. The van der Waals surface area contributed by atoms with Gasteiger partial charge in [0.05, 0.1) is 43.6 Å². The van der Waals surface area contributed by atoms with Gasteiger partial charge in [0, 0.05) is 23.6 Å². The molecular formula is C42H56FN3O9S. The Hall–Kier alpha value is -4.07. The van der Waals surface area contributed by atoms with Crippen LogP contribution in [0.3, 0.4) is 0 Å². The zero-order valence-corrected chi connectivity index (χ0v) is 34.2. The molecule has 1 aromatic heterocycles. The number of allylic oxidation sites excluding steroid dienone is 2. The quantitative estimate of drug-likeness (QED) is 0.203. The number of Topliss-reactive ketones (excluding diaryl/α,β-unsaturated/α-hetero) is 1. The molecule has 3 heterocycles. The Balaban J connectivity index is 1.35. The van der Waals surface area contributed by atoms with E-state index in [1.54, 1.807) is 13.3 Å². The number of fused-ring (bicyclic) bond motifs is 3. The Labute approximate surface area is 329 Å². The number of rotatable bonds is 11. The van der Waals surface area contributed by atoms with Crippen LogP contribution < -0.4 is 14.2 Å². The number of halogens is 1. The van der Waals surface area contributed by atoms with Crippen LogP contribution in [0.4, 0.5) is 4.39 Å². The van der Waals surface area contributed by atoms with Gasteiger partial charge in [-0.1, -0.05) is 51.1 Å². The first-order chi connectivity index (χ1) is 26.5. The number of nitrogens with zero attached hydrogens (tertiary/aromatic N) is 2. The summed E-state index contributed by atoms with van der Waals surface area (Å²) >= 11 is 0. The summed E-state index contributed by atoms with van der Waals surface area (Å²) in [6, 6.07) is 6.40. The topological polar surface area (TPSA) is 158 Å². The van der Waals surface area contributed by atoms with Crippen molar-refractivity contribution in [2.45, 2.75) is 121 Å². The van der Waals surface area contributed by atoms with Crippen molar-refractivity contribution in [1.29, 1.82) is 0 Å². The Morgan fingerprint density at radius 2 is 1.82 bits per heavy atom. The van der Waals surface area contributed by atoms with E-state index >= 15 is 0 Å². The fraction of sp³-hybridized carbons (Fsp3) is 0.643. The van der Waals surface area contributed by atoms with Crippen LogP contribution in [0.1, 0.15) is 98.8 Å². The number of nitrogens with one attached hydrogen (secondary N) is 1. The van der Waals surface area contributed by atoms with Crippen LogP contribution in [-0.2, 0) is 33.9 Å². The predicted molar refractivity (Wildman–Crippen MR) is 208 cm³/mol. The Kier molecular flexibility index (Phi) is 11.9. The highest BCUT2D eigenvalue weighted by Crippen LogP contribution is 2.58. The van der Waals surface area contributed by atoms with Gasteiger partial charge in [-0.05, 0) is 82.6 Å². The second-order valence-corrected chi connectivity index (χ2v) is 19.3. The highest BCUT2D eigenvalue weighted by molar-refractivity contribution is 7.91. The van der Waals surface area contributed by atoms with Gasteiger partial charge in [-0.15, -0.1) is 0 Å². The number of esters is 1. The zero-order chi connectivity index (χ0) is 40.6. The highest BCUT2D eigenvalue weighted by Gasteiger charge is 2.63. The Morgan fingerprint density at radius 1 is 1.11 bits per heavy atom. The number of ether oxygens (including phenoxy) is 3. The summed E-state index contributed by atoms with van der Waals surface area (Å²) in [5, 5.41) is 1.45. The van der Waals surface area contributed by atoms with Crippen LogP contribution >= 0.6 is 0 Å². The fourth-order valence-electron chi connectivity index (χ4n) is 8.40. The molecule has 6 rings (SSSR count). The van der Waals surface area contributed by atoms with E-state index < -0.39 is 74.1 Å². The van der Waals surface area contributed by atoms with Gasteiger partial charge in [-0.25, -0.2) is 17.8 Å². The van der Waals surface area contributed by atoms with Gasteiger partial charge >= 0.3 is 5.97 Å². The summed E-state index contributed by atoms with van der Waals surface area (Å²) in [5.74, 6) is -2.57. The summed E-state index contributed by atoms with van der Waals surface area (Å²) in [5.41, 5.74) is -2.11. The molecule has 2 amide bonds. The molecule has 306 valence electrons. The number of carbonyl (C=O) groups excluding carboxylic acids is 4. The Morgan fingerprint density at radius 3 is 2.48 bits per heavy atom. The molecule has 2 aliphatic heterocycles. The fourth-order valence-corrected chi connectivity index (χ4v) is 9.84. The predicted octanol–water partition coefficient (Wildman–Crippen LogP) is 6.26. The number of aromatic nitrogens is 1. The summed E-state index contributed by atoms with van der Waals surface area (Å²) in [7, 11) is -2.79. The number of methoxy groups -OCH3 is 1. The van der Waals surface area contributed by atoms with Crippen molar-refractivity contribution >= 4 is 44.4 Å². The van der Waals surface area contributed by atoms with Crippen molar-refractivity contribution < 1.29 is 46.2 Å². The molecule has 4 aliphatic rings. The van der Waals surface area contributed by atoms with Crippen LogP contribution in [0.25, 0.3) is 10.8 Å². The first-order valence-corrected chi connectivity index (χ1v) is 21.4.